The molecular weight excluding hydrogens is 406 g/mol. The fraction of sp³-hybridized carbons (Fsp3) is 0.238. The van der Waals surface area contributed by atoms with Gasteiger partial charge in [-0.2, -0.15) is 0 Å². The van der Waals surface area contributed by atoms with Crippen LogP contribution in [0.25, 0.3) is 22.6 Å². The smallest absolute Gasteiger partial charge is 0.284 e. The summed E-state index contributed by atoms with van der Waals surface area (Å²) in [6.07, 6.45) is 3.31. The number of aliphatic hydroxyl groups excluding tert-OH is 1. The molecule has 3 heterocycles. The van der Waals surface area contributed by atoms with Gasteiger partial charge in [0.25, 0.3) is 5.91 Å². The second-order valence-electron chi connectivity index (χ2n) is 6.76. The van der Waals surface area contributed by atoms with E-state index in [2.05, 4.69) is 20.4 Å². The third-order valence-electron chi connectivity index (χ3n) is 4.70. The first kappa shape index (κ1) is 20.4. The summed E-state index contributed by atoms with van der Waals surface area (Å²) in [5, 5.41) is 11.8. The van der Waals surface area contributed by atoms with Crippen molar-refractivity contribution < 1.29 is 14.6 Å². The summed E-state index contributed by atoms with van der Waals surface area (Å²) >= 11 is 6.00. The fourth-order valence-electron chi connectivity index (χ4n) is 3.10. The Hall–Kier alpha value is -2.91. The third-order valence-corrected chi connectivity index (χ3v) is 4.95. The molecule has 2 aromatic heterocycles. The minimum absolute atomic E-state index is 0.124. The zero-order valence-corrected chi connectivity index (χ0v) is 16.8. The number of hydrogen-bond acceptors (Lipinski definition) is 7. The number of nitrogens with zero attached hydrogens (tertiary/aromatic N) is 4. The summed E-state index contributed by atoms with van der Waals surface area (Å²) in [5.74, 6) is -0.000473. The largest absolute Gasteiger partial charge is 0.395 e. The molecule has 1 atom stereocenters. The second-order valence-corrected chi connectivity index (χ2v) is 7.19. The molecular formula is C21H20ClN5O3. The molecule has 30 heavy (non-hydrogen) atoms. The van der Waals surface area contributed by atoms with Gasteiger partial charge in [-0.05, 0) is 30.3 Å². The first-order chi connectivity index (χ1) is 14.6. The maximum atomic E-state index is 13.0. The number of rotatable bonds is 5. The van der Waals surface area contributed by atoms with Crippen LogP contribution in [0, 0.1) is 0 Å². The van der Waals surface area contributed by atoms with Crippen LogP contribution >= 0.6 is 11.6 Å². The van der Waals surface area contributed by atoms with E-state index >= 15 is 0 Å². The highest BCUT2D eigenvalue weighted by Crippen LogP contribution is 2.24. The van der Waals surface area contributed by atoms with Crippen molar-refractivity contribution in [1.29, 1.82) is 0 Å². The summed E-state index contributed by atoms with van der Waals surface area (Å²) in [6.45, 7) is 1.16. The molecule has 8 nitrogen and oxygen atoms in total. The summed E-state index contributed by atoms with van der Waals surface area (Å²) in [7, 11) is 0. The van der Waals surface area contributed by atoms with Gasteiger partial charge in [-0.15, -0.1) is 0 Å². The fourth-order valence-corrected chi connectivity index (χ4v) is 3.22. The van der Waals surface area contributed by atoms with E-state index in [4.69, 9.17) is 16.3 Å². The van der Waals surface area contributed by atoms with Crippen molar-refractivity contribution in [2.45, 2.75) is 6.04 Å². The van der Waals surface area contributed by atoms with E-state index in [0.29, 0.717) is 41.9 Å². The van der Waals surface area contributed by atoms with Gasteiger partial charge in [0.1, 0.15) is 5.69 Å². The quantitative estimate of drug-likeness (QED) is 0.646. The number of amides is 1. The summed E-state index contributed by atoms with van der Waals surface area (Å²) < 4.78 is 5.36. The van der Waals surface area contributed by atoms with E-state index in [1.54, 1.807) is 41.7 Å². The van der Waals surface area contributed by atoms with Crippen LogP contribution in [0.15, 0.2) is 54.9 Å². The molecule has 2 N–H and O–H groups in total. The Labute approximate surface area is 178 Å². The number of aliphatic hydroxyl groups is 1. The van der Waals surface area contributed by atoms with E-state index in [1.165, 1.54) is 0 Å². The van der Waals surface area contributed by atoms with Crippen molar-refractivity contribution in [2.75, 3.05) is 26.4 Å². The van der Waals surface area contributed by atoms with Crippen LogP contribution in [-0.4, -0.2) is 63.4 Å². The van der Waals surface area contributed by atoms with E-state index in [0.717, 1.165) is 5.56 Å². The molecule has 0 aliphatic carbocycles. The lowest BCUT2D eigenvalue weighted by Crippen LogP contribution is -2.56. The normalized spacial score (nSPS) is 16.9. The molecule has 1 aliphatic heterocycles. The second kappa shape index (κ2) is 9.27. The monoisotopic (exact) mass is 425 g/mol. The van der Waals surface area contributed by atoms with Crippen LogP contribution in [0.4, 0.5) is 0 Å². The van der Waals surface area contributed by atoms with E-state index in [9.17, 15) is 9.90 Å². The molecule has 0 spiro atoms. The van der Waals surface area contributed by atoms with Crippen molar-refractivity contribution in [1.82, 2.24) is 25.4 Å². The number of ether oxygens (including phenoxy) is 1. The zero-order valence-electron chi connectivity index (χ0n) is 16.0. The van der Waals surface area contributed by atoms with Crippen LogP contribution in [0.5, 0.6) is 0 Å². The number of halogens is 1. The molecule has 4 rings (SSSR count). The van der Waals surface area contributed by atoms with Gasteiger partial charge in [0.2, 0.25) is 0 Å². The van der Waals surface area contributed by atoms with Gasteiger partial charge in [0.15, 0.2) is 5.82 Å². The molecule has 1 saturated heterocycles. The van der Waals surface area contributed by atoms with Crippen molar-refractivity contribution in [3.05, 3.63) is 65.6 Å². The van der Waals surface area contributed by atoms with E-state index in [1.807, 2.05) is 18.2 Å². The summed E-state index contributed by atoms with van der Waals surface area (Å²) in [6, 6.07) is 12.1. The van der Waals surface area contributed by atoms with Crippen LogP contribution < -0.4 is 5.43 Å². The predicted octanol–water partition coefficient (Wildman–Crippen LogP) is 2.20. The number of morpholine rings is 1. The van der Waals surface area contributed by atoms with Crippen LogP contribution in [0.2, 0.25) is 5.02 Å². The number of nitrogens with one attached hydrogen (secondary N) is 1. The Morgan fingerprint density at radius 2 is 2.07 bits per heavy atom. The third kappa shape index (κ3) is 4.63. The Morgan fingerprint density at radius 3 is 2.80 bits per heavy atom. The van der Waals surface area contributed by atoms with Crippen molar-refractivity contribution in [3.63, 3.8) is 0 Å². The Balaban J connectivity index is 1.70. The van der Waals surface area contributed by atoms with Gasteiger partial charge in [-0.1, -0.05) is 23.7 Å². The van der Waals surface area contributed by atoms with Crippen molar-refractivity contribution in [2.24, 2.45) is 0 Å². The van der Waals surface area contributed by atoms with Gasteiger partial charge in [-0.3, -0.25) is 15.2 Å². The van der Waals surface area contributed by atoms with Gasteiger partial charge >= 0.3 is 0 Å². The molecule has 1 aliphatic rings. The summed E-state index contributed by atoms with van der Waals surface area (Å²) in [5.41, 5.74) is 5.13. The van der Waals surface area contributed by atoms with Crippen LogP contribution in [-0.2, 0) is 4.74 Å². The number of benzene rings is 1. The first-order valence-corrected chi connectivity index (χ1v) is 9.83. The minimum Gasteiger partial charge on any atom is -0.395 e. The summed E-state index contributed by atoms with van der Waals surface area (Å²) in [4.78, 5) is 26.2. The number of hydrogen-bond donors (Lipinski definition) is 2. The zero-order chi connectivity index (χ0) is 20.9. The number of hydrazine groups is 1. The Bertz CT molecular complexity index is 1020. The Kier molecular flexibility index (Phi) is 6.29. The maximum Gasteiger partial charge on any atom is 0.284 e. The molecule has 1 fully saturated rings. The standard InChI is InChI=1S/C21H20ClN5O3/c22-16-5-3-14(4-6-16)18-10-19(25-20(24-18)15-2-1-7-23-11-15)21(29)26-27-8-9-30-13-17(27)12-28/h1-7,10-11,17,28H,8-9,12-13H2,(H,26,29)/t17-/m1/s1. The van der Waals surface area contributed by atoms with Gasteiger partial charge in [0, 0.05) is 35.1 Å². The molecule has 0 unspecified atom stereocenters. The average molecular weight is 426 g/mol. The number of carbonyl (C=O) groups is 1. The SMILES string of the molecule is O=C(NN1CCOC[C@H]1CO)c1cc(-c2ccc(Cl)cc2)nc(-c2cccnc2)n1. The molecule has 0 radical (unpaired) electrons. The topological polar surface area (TPSA) is 100 Å². The number of carbonyl (C=O) groups excluding carboxylic acids is 1. The van der Waals surface area contributed by atoms with E-state index < -0.39 is 5.91 Å². The molecule has 1 aromatic carbocycles. The number of pyridine rings is 1. The van der Waals surface area contributed by atoms with Crippen LogP contribution in [0.1, 0.15) is 10.5 Å². The lowest BCUT2D eigenvalue weighted by Gasteiger charge is -2.34. The van der Waals surface area contributed by atoms with Crippen molar-refractivity contribution >= 4 is 17.5 Å². The maximum absolute atomic E-state index is 13.0. The Morgan fingerprint density at radius 1 is 1.23 bits per heavy atom. The van der Waals surface area contributed by atoms with Crippen molar-refractivity contribution in [3.8, 4) is 22.6 Å². The van der Waals surface area contributed by atoms with E-state index in [-0.39, 0.29) is 18.3 Å². The highest BCUT2D eigenvalue weighted by molar-refractivity contribution is 6.30. The molecule has 154 valence electrons. The molecule has 0 saturated carbocycles. The predicted molar refractivity (Wildman–Crippen MR) is 112 cm³/mol. The molecule has 0 bridgehead atoms. The average Bonchev–Trinajstić information content (AvgIpc) is 2.80. The lowest BCUT2D eigenvalue weighted by molar-refractivity contribution is -0.0472. The van der Waals surface area contributed by atoms with Crippen LogP contribution in [0.3, 0.4) is 0 Å². The highest BCUT2D eigenvalue weighted by Gasteiger charge is 2.25. The highest BCUT2D eigenvalue weighted by atomic mass is 35.5. The first-order valence-electron chi connectivity index (χ1n) is 9.45. The molecule has 9 heteroatoms. The molecule has 3 aromatic rings. The van der Waals surface area contributed by atoms with Gasteiger partial charge in [0.05, 0.1) is 31.6 Å². The minimum atomic E-state index is -0.391. The molecule has 1 amide bonds. The lowest BCUT2D eigenvalue weighted by atomic mass is 10.1. The van der Waals surface area contributed by atoms with Gasteiger partial charge in [-0.25, -0.2) is 15.0 Å². The van der Waals surface area contributed by atoms with Gasteiger partial charge < -0.3 is 9.84 Å². The number of aromatic nitrogens is 3.